The Kier molecular flexibility index (Phi) is 4.14. The predicted molar refractivity (Wildman–Crippen MR) is 70.3 cm³/mol. The first-order valence-electron chi connectivity index (χ1n) is 6.04. The van der Waals surface area contributed by atoms with Crippen LogP contribution in [0.25, 0.3) is 0 Å². The van der Waals surface area contributed by atoms with Crippen LogP contribution in [0.15, 0.2) is 5.38 Å². The summed E-state index contributed by atoms with van der Waals surface area (Å²) in [4.78, 5) is 7.18. The Balaban J connectivity index is 2.11. The molecule has 0 amide bonds. The molecule has 0 bridgehead atoms. The molecule has 1 fully saturated rings. The van der Waals surface area contributed by atoms with Crippen LogP contribution in [0.2, 0.25) is 0 Å². The maximum absolute atomic E-state index is 5.12. The number of piperazine rings is 1. The molecule has 0 aliphatic carbocycles. The van der Waals surface area contributed by atoms with Gasteiger partial charge in [0.15, 0.2) is 0 Å². The fourth-order valence-electron chi connectivity index (χ4n) is 2.16. The summed E-state index contributed by atoms with van der Waals surface area (Å²) < 4.78 is 5.12. The van der Waals surface area contributed by atoms with Crippen molar-refractivity contribution in [2.75, 3.05) is 33.3 Å². The number of methoxy groups -OCH3 is 1. The molecule has 17 heavy (non-hydrogen) atoms. The Labute approximate surface area is 107 Å². The van der Waals surface area contributed by atoms with Crippen molar-refractivity contribution < 1.29 is 4.74 Å². The van der Waals surface area contributed by atoms with E-state index in [0.29, 0.717) is 6.61 Å². The Morgan fingerprint density at radius 1 is 1.47 bits per heavy atom. The van der Waals surface area contributed by atoms with Crippen LogP contribution in [-0.4, -0.2) is 43.2 Å². The molecule has 1 saturated heterocycles. The average molecular weight is 255 g/mol. The van der Waals surface area contributed by atoms with Crippen LogP contribution in [0, 0.1) is 0 Å². The van der Waals surface area contributed by atoms with Crippen LogP contribution in [0.4, 0.5) is 0 Å². The summed E-state index contributed by atoms with van der Waals surface area (Å²) in [5.41, 5.74) is 1.06. The molecule has 0 atom stereocenters. The lowest BCUT2D eigenvalue weighted by Gasteiger charge is -2.39. The highest BCUT2D eigenvalue weighted by Gasteiger charge is 2.32. The third kappa shape index (κ3) is 2.85. The van der Waals surface area contributed by atoms with E-state index in [0.717, 1.165) is 31.9 Å². The van der Waals surface area contributed by atoms with E-state index in [9.17, 15) is 0 Å². The van der Waals surface area contributed by atoms with Gasteiger partial charge in [-0.05, 0) is 13.8 Å². The molecule has 96 valence electrons. The topological polar surface area (TPSA) is 37.4 Å². The molecule has 0 saturated carbocycles. The third-order valence-electron chi connectivity index (χ3n) is 3.27. The Morgan fingerprint density at radius 2 is 2.18 bits per heavy atom. The Morgan fingerprint density at radius 3 is 2.82 bits per heavy atom. The fourth-order valence-corrected chi connectivity index (χ4v) is 3.12. The van der Waals surface area contributed by atoms with Gasteiger partial charge >= 0.3 is 0 Å². The number of ether oxygens (including phenoxy) is 1. The highest BCUT2D eigenvalue weighted by atomic mass is 32.1. The third-order valence-corrected chi connectivity index (χ3v) is 4.48. The molecule has 1 aliphatic rings. The van der Waals surface area contributed by atoms with E-state index >= 15 is 0 Å². The van der Waals surface area contributed by atoms with Crippen LogP contribution in [0.3, 0.4) is 0 Å². The molecule has 0 spiro atoms. The number of nitrogens with one attached hydrogen (secondary N) is 1. The average Bonchev–Trinajstić information content (AvgIpc) is 2.80. The van der Waals surface area contributed by atoms with E-state index in [1.807, 2.05) is 0 Å². The molecule has 1 aromatic heterocycles. The molecule has 1 aliphatic heterocycles. The molecular weight excluding hydrogens is 234 g/mol. The van der Waals surface area contributed by atoms with Gasteiger partial charge in [-0.25, -0.2) is 4.98 Å². The first-order chi connectivity index (χ1) is 8.14. The van der Waals surface area contributed by atoms with Gasteiger partial charge < -0.3 is 10.1 Å². The van der Waals surface area contributed by atoms with Crippen LogP contribution < -0.4 is 5.32 Å². The van der Waals surface area contributed by atoms with Crippen LogP contribution >= 0.6 is 11.3 Å². The lowest BCUT2D eigenvalue weighted by atomic mass is 10.0. The minimum absolute atomic E-state index is 0.0265. The number of hydrogen-bond donors (Lipinski definition) is 1. The highest BCUT2D eigenvalue weighted by molar-refractivity contribution is 7.09. The van der Waals surface area contributed by atoms with Gasteiger partial charge in [-0.15, -0.1) is 11.3 Å². The van der Waals surface area contributed by atoms with E-state index in [1.54, 1.807) is 18.4 Å². The fraction of sp³-hybridized carbons (Fsp3) is 0.750. The summed E-state index contributed by atoms with van der Waals surface area (Å²) in [7, 11) is 1.71. The van der Waals surface area contributed by atoms with Gasteiger partial charge in [-0.1, -0.05) is 0 Å². The number of aromatic nitrogens is 1. The number of nitrogens with zero attached hydrogens (tertiary/aromatic N) is 2. The summed E-state index contributed by atoms with van der Waals surface area (Å²) >= 11 is 1.74. The smallest absolute Gasteiger partial charge is 0.113 e. The van der Waals surface area contributed by atoms with E-state index in [4.69, 9.17) is 4.74 Å². The van der Waals surface area contributed by atoms with Crippen molar-refractivity contribution >= 4 is 11.3 Å². The second kappa shape index (κ2) is 5.44. The van der Waals surface area contributed by atoms with Gasteiger partial charge in [0, 0.05) is 38.7 Å². The molecule has 5 heteroatoms. The number of rotatable bonds is 4. The van der Waals surface area contributed by atoms with Crippen molar-refractivity contribution in [1.29, 1.82) is 0 Å². The van der Waals surface area contributed by atoms with Gasteiger partial charge in [0.25, 0.3) is 0 Å². The Hall–Kier alpha value is -0.490. The van der Waals surface area contributed by atoms with Crippen molar-refractivity contribution in [3.63, 3.8) is 0 Å². The molecule has 2 rings (SSSR count). The molecule has 0 aromatic carbocycles. The summed E-state index contributed by atoms with van der Waals surface area (Å²) in [6.45, 7) is 9.44. The molecule has 4 nitrogen and oxygen atoms in total. The summed E-state index contributed by atoms with van der Waals surface area (Å²) in [6.07, 6.45) is 0. The zero-order valence-electron chi connectivity index (χ0n) is 10.8. The first-order valence-corrected chi connectivity index (χ1v) is 6.92. The van der Waals surface area contributed by atoms with Crippen molar-refractivity contribution in [2.24, 2.45) is 0 Å². The van der Waals surface area contributed by atoms with Crippen molar-refractivity contribution in [3.8, 4) is 0 Å². The second-order valence-electron chi connectivity index (χ2n) is 4.87. The maximum atomic E-state index is 5.12. The van der Waals surface area contributed by atoms with Crippen molar-refractivity contribution in [3.05, 3.63) is 16.1 Å². The zero-order valence-corrected chi connectivity index (χ0v) is 11.6. The number of thiazole rings is 1. The summed E-state index contributed by atoms with van der Waals surface area (Å²) in [6, 6.07) is 0. The highest BCUT2D eigenvalue weighted by Crippen LogP contribution is 2.30. The minimum Gasteiger partial charge on any atom is -0.378 e. The van der Waals surface area contributed by atoms with Crippen molar-refractivity contribution in [1.82, 2.24) is 15.2 Å². The van der Waals surface area contributed by atoms with Gasteiger partial charge in [0.1, 0.15) is 5.01 Å². The van der Waals surface area contributed by atoms with E-state index in [2.05, 4.69) is 34.4 Å². The van der Waals surface area contributed by atoms with Gasteiger partial charge in [0.05, 0.1) is 17.8 Å². The molecule has 1 N–H and O–H groups in total. The van der Waals surface area contributed by atoms with Gasteiger partial charge in [0.2, 0.25) is 0 Å². The van der Waals surface area contributed by atoms with Gasteiger partial charge in [-0.3, -0.25) is 4.90 Å². The van der Waals surface area contributed by atoms with Crippen molar-refractivity contribution in [2.45, 2.75) is 26.0 Å². The SMILES string of the molecule is COCc1csc(C(C)(C)N2CCNCC2)n1. The van der Waals surface area contributed by atoms with E-state index < -0.39 is 0 Å². The van der Waals surface area contributed by atoms with E-state index in [-0.39, 0.29) is 5.54 Å². The van der Waals surface area contributed by atoms with Crippen LogP contribution in [0.5, 0.6) is 0 Å². The monoisotopic (exact) mass is 255 g/mol. The number of hydrogen-bond acceptors (Lipinski definition) is 5. The largest absolute Gasteiger partial charge is 0.378 e. The minimum atomic E-state index is 0.0265. The quantitative estimate of drug-likeness (QED) is 0.883. The molecular formula is C12H21N3OS. The molecule has 2 heterocycles. The summed E-state index contributed by atoms with van der Waals surface area (Å²) in [5, 5.41) is 6.67. The standard InChI is InChI=1S/C12H21N3OS/c1-12(2,15-6-4-13-5-7-15)11-14-10(8-16-3)9-17-11/h9,13H,4-8H2,1-3H3. The molecule has 0 unspecified atom stereocenters. The zero-order chi connectivity index (χ0) is 12.3. The first kappa shape index (κ1) is 13.0. The van der Waals surface area contributed by atoms with Gasteiger partial charge in [-0.2, -0.15) is 0 Å². The normalized spacial score (nSPS) is 18.5. The van der Waals surface area contributed by atoms with Crippen LogP contribution in [-0.2, 0) is 16.9 Å². The lowest BCUT2D eigenvalue weighted by Crippen LogP contribution is -2.51. The molecule has 0 radical (unpaired) electrons. The summed E-state index contributed by atoms with van der Waals surface area (Å²) in [5.74, 6) is 0. The second-order valence-corrected chi connectivity index (χ2v) is 5.73. The maximum Gasteiger partial charge on any atom is 0.113 e. The Bertz CT molecular complexity index is 358. The molecule has 1 aromatic rings. The lowest BCUT2D eigenvalue weighted by molar-refractivity contribution is 0.102. The van der Waals surface area contributed by atoms with E-state index in [1.165, 1.54) is 5.01 Å². The van der Waals surface area contributed by atoms with Crippen LogP contribution in [0.1, 0.15) is 24.5 Å². The predicted octanol–water partition coefficient (Wildman–Crippen LogP) is 1.43.